The number of aliphatic hydroxyl groups is 3. The number of fused-ring (bicyclic) bond motifs is 5. The van der Waals surface area contributed by atoms with Crippen molar-refractivity contribution in [1.29, 1.82) is 0 Å². The highest BCUT2D eigenvalue weighted by atomic mass is 16.5. The van der Waals surface area contributed by atoms with Gasteiger partial charge in [0.2, 0.25) is 5.91 Å². The van der Waals surface area contributed by atoms with E-state index in [0.29, 0.717) is 17.8 Å². The molecule has 1 heterocycles. The number of hydrogen-bond acceptors (Lipinski definition) is 6. The number of carbonyl (C=O) groups excluding carboxylic acids is 1. The summed E-state index contributed by atoms with van der Waals surface area (Å²) in [6.07, 6.45) is 5.10. The molecule has 0 bridgehead atoms. The number of rotatable bonds is 2. The van der Waals surface area contributed by atoms with Crippen LogP contribution in [0.3, 0.4) is 0 Å². The van der Waals surface area contributed by atoms with Crippen LogP contribution >= 0.6 is 0 Å². The molecule has 35 heavy (non-hydrogen) atoms. The highest BCUT2D eigenvalue weighted by Crippen LogP contribution is 2.68. The molecule has 8 N–H and O–H groups in total. The lowest BCUT2D eigenvalue weighted by Crippen LogP contribution is -2.67. The van der Waals surface area contributed by atoms with Crippen LogP contribution in [0.25, 0.3) is 0 Å². The summed E-state index contributed by atoms with van der Waals surface area (Å²) in [6.45, 7) is 6.53. The number of nitrogens with two attached hydrogens (primary N) is 1. The number of ether oxygens (including phenoxy) is 1. The molecule has 8 nitrogen and oxygen atoms in total. The zero-order valence-corrected chi connectivity index (χ0v) is 21.9. The zero-order valence-electron chi connectivity index (χ0n) is 21.9. The van der Waals surface area contributed by atoms with Crippen molar-refractivity contribution in [2.24, 2.45) is 46.2 Å². The zero-order chi connectivity index (χ0) is 24.6. The Labute approximate surface area is 209 Å². The van der Waals surface area contributed by atoms with Gasteiger partial charge in [-0.15, -0.1) is 0 Å². The molecule has 1 aliphatic heterocycles. The average molecular weight is 497 g/mol. The first-order valence-electron chi connectivity index (χ1n) is 13.7. The second-order valence-corrected chi connectivity index (χ2v) is 13.0. The van der Waals surface area contributed by atoms with E-state index in [1.54, 1.807) is 14.0 Å². The van der Waals surface area contributed by atoms with E-state index in [-0.39, 0.29) is 39.6 Å². The van der Waals surface area contributed by atoms with Crippen LogP contribution in [0.2, 0.25) is 0 Å². The third-order valence-corrected chi connectivity index (χ3v) is 12.0. The topological polar surface area (TPSA) is 157 Å². The van der Waals surface area contributed by atoms with Crippen molar-refractivity contribution < 1.29 is 30.3 Å². The predicted molar refractivity (Wildman–Crippen MR) is 132 cm³/mol. The Hall–Kier alpha value is -0.770. The summed E-state index contributed by atoms with van der Waals surface area (Å²) in [5.41, 5.74) is 7.13. The monoisotopic (exact) mass is 496 g/mol. The van der Waals surface area contributed by atoms with Gasteiger partial charge in [0, 0.05) is 18.5 Å². The van der Waals surface area contributed by atoms with Gasteiger partial charge in [-0.3, -0.25) is 4.79 Å². The van der Waals surface area contributed by atoms with E-state index in [4.69, 9.17) is 10.5 Å². The van der Waals surface area contributed by atoms with Gasteiger partial charge in [0.05, 0.1) is 12.2 Å². The average Bonchev–Trinajstić information content (AvgIpc) is 3.10. The molecule has 5 fully saturated rings. The van der Waals surface area contributed by atoms with Gasteiger partial charge in [-0.25, -0.2) is 0 Å². The molecule has 0 radical (unpaired) electrons. The van der Waals surface area contributed by atoms with Gasteiger partial charge in [0.1, 0.15) is 18.3 Å². The SMILES string of the molecule is CNC(=O)[C@H]1CC[C@@]2(N)[C@@H]3CC[C@@H]4C[C@@H]([C@H]5O[C@@H](C)[C@H](O)[C@@H](O)[C@H]5O)CC[C@]4(C)[C@H]3CC[C@]12C.O. The molecule has 0 aromatic carbocycles. The van der Waals surface area contributed by atoms with Crippen molar-refractivity contribution in [1.82, 2.24) is 5.32 Å². The first-order valence-corrected chi connectivity index (χ1v) is 13.7. The lowest BCUT2D eigenvalue weighted by Gasteiger charge is -2.64. The largest absolute Gasteiger partial charge is 0.412 e. The van der Waals surface area contributed by atoms with Gasteiger partial charge in [-0.05, 0) is 99.2 Å². The molecule has 8 heteroatoms. The van der Waals surface area contributed by atoms with Gasteiger partial charge in [0.25, 0.3) is 0 Å². The van der Waals surface area contributed by atoms with Crippen molar-refractivity contribution in [3.63, 3.8) is 0 Å². The summed E-state index contributed by atoms with van der Waals surface area (Å²) in [5, 5.41) is 34.0. The van der Waals surface area contributed by atoms with Crippen LogP contribution in [0, 0.1) is 40.4 Å². The van der Waals surface area contributed by atoms with E-state index in [9.17, 15) is 20.1 Å². The molecule has 0 unspecified atom stereocenters. The van der Waals surface area contributed by atoms with Crippen LogP contribution in [-0.2, 0) is 9.53 Å². The lowest BCUT2D eigenvalue weighted by atomic mass is 9.42. The second kappa shape index (κ2) is 9.21. The maximum Gasteiger partial charge on any atom is 0.223 e. The van der Waals surface area contributed by atoms with Crippen molar-refractivity contribution in [3.8, 4) is 0 Å². The van der Waals surface area contributed by atoms with E-state index in [1.165, 1.54) is 0 Å². The third kappa shape index (κ3) is 3.73. The summed E-state index contributed by atoms with van der Waals surface area (Å²) in [6, 6.07) is 0. The smallest absolute Gasteiger partial charge is 0.223 e. The van der Waals surface area contributed by atoms with Gasteiger partial charge in [-0.2, -0.15) is 0 Å². The van der Waals surface area contributed by atoms with Crippen LogP contribution in [0.1, 0.15) is 78.6 Å². The summed E-state index contributed by atoms with van der Waals surface area (Å²) < 4.78 is 6.05. The van der Waals surface area contributed by atoms with Crippen LogP contribution in [0.5, 0.6) is 0 Å². The Morgan fingerprint density at radius 3 is 2.34 bits per heavy atom. The lowest BCUT2D eigenvalue weighted by molar-refractivity contribution is -0.238. The summed E-state index contributed by atoms with van der Waals surface area (Å²) in [5.74, 6) is 1.93. The molecule has 1 amide bonds. The van der Waals surface area contributed by atoms with Gasteiger partial charge in [0.15, 0.2) is 0 Å². The Kier molecular flexibility index (Phi) is 7.17. The standard InChI is InChI=1S/C27H46N2O5.H2O/c1-14-20(30)21(31)22(32)23(34-14)15-7-10-25(2)16(13-15)5-6-18-17(25)8-11-26(3)19(24(33)29-4)9-12-27(18,26)28;/h14-23,30-32H,5-13,28H2,1-4H3,(H,29,33);1H2/t14-,15-,16+,17-,18+,19+,20-,21+,22+,23+,25-,26+,27+;/m0./s1. The number of aliphatic hydroxyl groups excluding tert-OH is 3. The summed E-state index contributed by atoms with van der Waals surface area (Å²) in [7, 11) is 1.74. The molecule has 202 valence electrons. The Balaban J connectivity index is 0.00000289. The molecule has 13 atom stereocenters. The minimum atomic E-state index is -1.15. The Morgan fingerprint density at radius 2 is 1.66 bits per heavy atom. The first-order chi connectivity index (χ1) is 16.0. The number of amides is 1. The first kappa shape index (κ1) is 27.3. The van der Waals surface area contributed by atoms with E-state index < -0.39 is 30.5 Å². The van der Waals surface area contributed by atoms with Crippen molar-refractivity contribution in [3.05, 3.63) is 0 Å². The van der Waals surface area contributed by atoms with Crippen LogP contribution in [0.4, 0.5) is 0 Å². The molecular weight excluding hydrogens is 448 g/mol. The molecule has 0 spiro atoms. The fraction of sp³-hybridized carbons (Fsp3) is 0.963. The van der Waals surface area contributed by atoms with Crippen molar-refractivity contribution >= 4 is 5.91 Å². The quantitative estimate of drug-likeness (QED) is 0.386. The molecule has 4 saturated carbocycles. The highest BCUT2D eigenvalue weighted by Gasteiger charge is 2.67. The maximum absolute atomic E-state index is 12.7. The molecule has 5 rings (SSSR count). The normalized spacial score (nSPS) is 55.7. The van der Waals surface area contributed by atoms with E-state index in [1.807, 2.05) is 0 Å². The highest BCUT2D eigenvalue weighted by molar-refractivity contribution is 5.80. The fourth-order valence-electron chi connectivity index (χ4n) is 9.73. The molecule has 1 saturated heterocycles. The van der Waals surface area contributed by atoms with Crippen molar-refractivity contribution in [2.45, 2.75) is 115 Å². The van der Waals surface area contributed by atoms with Gasteiger partial charge >= 0.3 is 0 Å². The molecule has 4 aliphatic carbocycles. The second-order valence-electron chi connectivity index (χ2n) is 13.0. The minimum absolute atomic E-state index is 0. The van der Waals surface area contributed by atoms with E-state index in [2.05, 4.69) is 19.2 Å². The van der Waals surface area contributed by atoms with Crippen LogP contribution in [0.15, 0.2) is 0 Å². The molecule has 0 aromatic rings. The summed E-state index contributed by atoms with van der Waals surface area (Å²) in [4.78, 5) is 12.7. The van der Waals surface area contributed by atoms with Crippen LogP contribution in [-0.4, -0.2) is 69.8 Å². The van der Waals surface area contributed by atoms with Crippen molar-refractivity contribution in [2.75, 3.05) is 7.05 Å². The number of carbonyl (C=O) groups is 1. The minimum Gasteiger partial charge on any atom is -0.412 e. The fourth-order valence-corrected chi connectivity index (χ4v) is 9.73. The van der Waals surface area contributed by atoms with Gasteiger partial charge in [-0.1, -0.05) is 13.8 Å². The van der Waals surface area contributed by atoms with E-state index >= 15 is 0 Å². The summed E-state index contributed by atoms with van der Waals surface area (Å²) >= 11 is 0. The molecule has 0 aromatic heterocycles. The third-order valence-electron chi connectivity index (χ3n) is 12.0. The Morgan fingerprint density at radius 1 is 0.943 bits per heavy atom. The Bertz CT molecular complexity index is 813. The van der Waals surface area contributed by atoms with Gasteiger partial charge < -0.3 is 36.6 Å². The predicted octanol–water partition coefficient (Wildman–Crippen LogP) is 1.13. The number of nitrogens with one attached hydrogen (secondary N) is 1. The molecule has 5 aliphatic rings. The number of hydrogen-bond donors (Lipinski definition) is 5. The van der Waals surface area contributed by atoms with Crippen LogP contribution < -0.4 is 11.1 Å². The van der Waals surface area contributed by atoms with E-state index in [0.717, 1.165) is 57.8 Å². The maximum atomic E-state index is 12.7. The molecular formula is C27H48N2O6.